The van der Waals surface area contributed by atoms with Crippen molar-refractivity contribution in [2.75, 3.05) is 16.4 Å². The number of carbonyl (C=O) groups is 2. The molecule has 0 fully saturated rings. The zero-order valence-electron chi connectivity index (χ0n) is 16.1. The van der Waals surface area contributed by atoms with Crippen LogP contribution < -0.4 is 10.6 Å². The van der Waals surface area contributed by atoms with Crippen LogP contribution in [0.4, 0.5) is 10.8 Å². The molecule has 6 nitrogen and oxygen atoms in total. The lowest BCUT2D eigenvalue weighted by Crippen LogP contribution is -2.13. The van der Waals surface area contributed by atoms with Crippen LogP contribution in [0.1, 0.15) is 15.9 Å². The van der Waals surface area contributed by atoms with Crippen molar-refractivity contribution in [1.29, 1.82) is 0 Å². The fourth-order valence-corrected chi connectivity index (χ4v) is 4.41. The summed E-state index contributed by atoms with van der Waals surface area (Å²) in [7, 11) is 0. The first-order valence-electron chi connectivity index (χ1n) is 9.20. The zero-order chi connectivity index (χ0) is 20.9. The van der Waals surface area contributed by atoms with E-state index in [-0.39, 0.29) is 17.6 Å². The van der Waals surface area contributed by atoms with E-state index in [2.05, 4.69) is 20.8 Å². The normalized spacial score (nSPS) is 10.7. The molecule has 2 N–H and O–H groups in total. The average molecular weight is 435 g/mol. The highest BCUT2D eigenvalue weighted by Crippen LogP contribution is 2.26. The van der Waals surface area contributed by atoms with Crippen molar-refractivity contribution >= 4 is 56.5 Å². The molecule has 8 heteroatoms. The lowest BCUT2D eigenvalue weighted by molar-refractivity contribution is -0.113. The van der Waals surface area contributed by atoms with Gasteiger partial charge in [-0.3, -0.25) is 14.9 Å². The number of benzene rings is 3. The first kappa shape index (κ1) is 20.1. The molecule has 0 spiro atoms. The van der Waals surface area contributed by atoms with Crippen molar-refractivity contribution in [3.63, 3.8) is 0 Å². The Morgan fingerprint density at radius 2 is 1.77 bits per heavy atom. The molecule has 0 aliphatic carbocycles. The predicted octanol–water partition coefficient (Wildman–Crippen LogP) is 4.98. The molecule has 0 saturated heterocycles. The molecule has 0 aliphatic rings. The number of nitrogens with one attached hydrogen (secondary N) is 2. The molecule has 30 heavy (non-hydrogen) atoms. The average Bonchev–Trinajstić information content (AvgIpc) is 3.19. The van der Waals surface area contributed by atoms with Crippen molar-refractivity contribution in [2.24, 2.45) is 0 Å². The van der Waals surface area contributed by atoms with E-state index >= 15 is 0 Å². The van der Waals surface area contributed by atoms with Crippen molar-refractivity contribution in [2.45, 2.75) is 11.3 Å². The molecule has 0 atom stereocenters. The summed E-state index contributed by atoms with van der Waals surface area (Å²) in [5.41, 5.74) is 2.40. The Balaban J connectivity index is 1.33. The van der Waals surface area contributed by atoms with Crippen LogP contribution in [0.5, 0.6) is 0 Å². The Labute approximate surface area is 181 Å². The monoisotopic (exact) mass is 434 g/mol. The van der Waals surface area contributed by atoms with Gasteiger partial charge >= 0.3 is 0 Å². The number of rotatable bonds is 6. The highest BCUT2D eigenvalue weighted by atomic mass is 32.2. The molecule has 3 aromatic carbocycles. The minimum Gasteiger partial charge on any atom is -0.325 e. The van der Waals surface area contributed by atoms with Gasteiger partial charge in [-0.25, -0.2) is 0 Å². The van der Waals surface area contributed by atoms with Crippen molar-refractivity contribution in [3.8, 4) is 0 Å². The van der Waals surface area contributed by atoms with E-state index in [1.165, 1.54) is 23.1 Å². The molecule has 0 saturated carbocycles. The molecule has 1 aromatic heterocycles. The maximum Gasteiger partial charge on any atom is 0.257 e. The third-order valence-electron chi connectivity index (χ3n) is 4.27. The smallest absolute Gasteiger partial charge is 0.257 e. The van der Waals surface area contributed by atoms with Gasteiger partial charge in [-0.05, 0) is 47.5 Å². The predicted molar refractivity (Wildman–Crippen MR) is 122 cm³/mol. The first-order chi connectivity index (χ1) is 14.6. The second-order valence-electron chi connectivity index (χ2n) is 6.60. The van der Waals surface area contributed by atoms with Crippen LogP contribution in [0.15, 0.2) is 71.1 Å². The molecular weight excluding hydrogens is 416 g/mol. The van der Waals surface area contributed by atoms with Gasteiger partial charge in [0.15, 0.2) is 4.34 Å². The fraction of sp³-hybridized carbons (Fsp3) is 0.0909. The number of aryl methyl sites for hydroxylation is 1. The van der Waals surface area contributed by atoms with Crippen LogP contribution in [-0.4, -0.2) is 27.8 Å². The van der Waals surface area contributed by atoms with Gasteiger partial charge in [-0.1, -0.05) is 65.6 Å². The van der Waals surface area contributed by atoms with Gasteiger partial charge in [0.05, 0.1) is 5.75 Å². The first-order valence-corrected chi connectivity index (χ1v) is 11.0. The number of amides is 2. The van der Waals surface area contributed by atoms with E-state index in [0.29, 0.717) is 15.0 Å². The molecule has 0 bridgehead atoms. The molecule has 0 aliphatic heterocycles. The second kappa shape index (κ2) is 9.06. The molecule has 2 amide bonds. The summed E-state index contributed by atoms with van der Waals surface area (Å²) < 4.78 is 0.614. The lowest BCUT2D eigenvalue weighted by atomic mass is 10.1. The number of hydrogen-bond acceptors (Lipinski definition) is 6. The van der Waals surface area contributed by atoms with Crippen LogP contribution in [0.3, 0.4) is 0 Å². The number of hydrogen-bond donors (Lipinski definition) is 2. The molecule has 0 unspecified atom stereocenters. The standard InChI is InChI=1S/C22H18N4O2S2/c1-14-5-4-8-18(11-14)23-19(27)13-29-22-26-25-21(30-22)24-20(28)17-10-9-15-6-2-3-7-16(15)12-17/h2-12H,13H2,1H3,(H,23,27)(H,24,25,28). The summed E-state index contributed by atoms with van der Waals surface area (Å²) in [4.78, 5) is 24.6. The van der Waals surface area contributed by atoms with E-state index in [9.17, 15) is 9.59 Å². The van der Waals surface area contributed by atoms with E-state index < -0.39 is 0 Å². The van der Waals surface area contributed by atoms with Gasteiger partial charge in [-0.15, -0.1) is 10.2 Å². The lowest BCUT2D eigenvalue weighted by Gasteiger charge is -2.04. The van der Waals surface area contributed by atoms with Gasteiger partial charge in [0.25, 0.3) is 5.91 Å². The van der Waals surface area contributed by atoms with Gasteiger partial charge in [-0.2, -0.15) is 0 Å². The highest BCUT2D eigenvalue weighted by Gasteiger charge is 2.12. The fourth-order valence-electron chi connectivity index (χ4n) is 2.87. The molecule has 150 valence electrons. The van der Waals surface area contributed by atoms with Crippen molar-refractivity contribution in [3.05, 3.63) is 77.9 Å². The number of carbonyl (C=O) groups excluding carboxylic acids is 2. The highest BCUT2D eigenvalue weighted by molar-refractivity contribution is 8.01. The number of thioether (sulfide) groups is 1. The number of anilines is 2. The van der Waals surface area contributed by atoms with Crippen molar-refractivity contribution in [1.82, 2.24) is 10.2 Å². The van der Waals surface area contributed by atoms with E-state index in [4.69, 9.17) is 0 Å². The minimum absolute atomic E-state index is 0.123. The summed E-state index contributed by atoms with van der Waals surface area (Å²) in [6.45, 7) is 1.97. The second-order valence-corrected chi connectivity index (χ2v) is 8.80. The SMILES string of the molecule is Cc1cccc(NC(=O)CSc2nnc(NC(=O)c3ccc4ccccc4c3)s2)c1. The Morgan fingerprint density at radius 3 is 2.60 bits per heavy atom. The van der Waals surface area contributed by atoms with Gasteiger partial charge in [0.1, 0.15) is 0 Å². The Morgan fingerprint density at radius 1 is 0.933 bits per heavy atom. The molecule has 1 heterocycles. The van der Waals surface area contributed by atoms with Crippen LogP contribution in [0.25, 0.3) is 10.8 Å². The Bertz CT molecular complexity index is 1220. The molecule has 4 aromatic rings. The summed E-state index contributed by atoms with van der Waals surface area (Å²) in [6, 6.07) is 21.0. The Hall–Kier alpha value is -3.23. The van der Waals surface area contributed by atoms with Crippen LogP contribution in [-0.2, 0) is 4.79 Å². The molecule has 4 rings (SSSR count). The zero-order valence-corrected chi connectivity index (χ0v) is 17.7. The summed E-state index contributed by atoms with van der Waals surface area (Å²) in [6.07, 6.45) is 0. The van der Waals surface area contributed by atoms with Gasteiger partial charge in [0, 0.05) is 11.3 Å². The number of fused-ring (bicyclic) bond motifs is 1. The van der Waals surface area contributed by atoms with Crippen LogP contribution >= 0.6 is 23.1 Å². The topological polar surface area (TPSA) is 84.0 Å². The third-order valence-corrected chi connectivity index (χ3v) is 6.24. The van der Waals surface area contributed by atoms with Crippen LogP contribution in [0.2, 0.25) is 0 Å². The summed E-state index contributed by atoms with van der Waals surface area (Å²) >= 11 is 2.52. The van der Waals surface area contributed by atoms with Crippen LogP contribution in [0, 0.1) is 6.92 Å². The Kier molecular flexibility index (Phi) is 6.06. The maximum absolute atomic E-state index is 12.5. The number of nitrogens with zero attached hydrogens (tertiary/aromatic N) is 2. The maximum atomic E-state index is 12.5. The van der Waals surface area contributed by atoms with Gasteiger partial charge in [0.2, 0.25) is 11.0 Å². The largest absolute Gasteiger partial charge is 0.325 e. The quantitative estimate of drug-likeness (QED) is 0.330. The summed E-state index contributed by atoms with van der Waals surface area (Å²) in [5, 5.41) is 16.1. The number of aromatic nitrogens is 2. The van der Waals surface area contributed by atoms with Crippen molar-refractivity contribution < 1.29 is 9.59 Å². The van der Waals surface area contributed by atoms with E-state index in [1.54, 1.807) is 6.07 Å². The van der Waals surface area contributed by atoms with E-state index in [1.807, 2.05) is 67.6 Å². The molecular formula is C22H18N4O2S2. The molecule has 0 radical (unpaired) electrons. The third kappa shape index (κ3) is 5.03. The minimum atomic E-state index is -0.245. The summed E-state index contributed by atoms with van der Waals surface area (Å²) in [5.74, 6) is -0.158. The van der Waals surface area contributed by atoms with E-state index in [0.717, 1.165) is 22.0 Å². The van der Waals surface area contributed by atoms with Gasteiger partial charge < -0.3 is 5.32 Å².